The van der Waals surface area contributed by atoms with Crippen LogP contribution in [0.15, 0.2) is 23.6 Å². The highest BCUT2D eigenvalue weighted by atomic mass is 32.1. The summed E-state index contributed by atoms with van der Waals surface area (Å²) in [4.78, 5) is 9.68. The maximum atomic E-state index is 5.69. The van der Waals surface area contributed by atoms with Crippen LogP contribution in [0.4, 0.5) is 5.82 Å². The Morgan fingerprint density at radius 3 is 2.93 bits per heavy atom. The van der Waals surface area contributed by atoms with E-state index in [4.69, 9.17) is 5.73 Å². The number of nitrogens with two attached hydrogens (primary N) is 1. The van der Waals surface area contributed by atoms with Gasteiger partial charge in [-0.25, -0.2) is 9.97 Å². The molecule has 0 fully saturated rings. The van der Waals surface area contributed by atoms with E-state index in [-0.39, 0.29) is 0 Å². The van der Waals surface area contributed by atoms with Crippen molar-refractivity contribution in [2.75, 3.05) is 5.73 Å². The highest BCUT2D eigenvalue weighted by Gasteiger charge is 2.04. The van der Waals surface area contributed by atoms with Crippen molar-refractivity contribution in [1.82, 2.24) is 9.97 Å². The quantitative estimate of drug-likeness (QED) is 0.818. The number of nitrogens with zero attached hydrogens (tertiary/aromatic N) is 2. The number of rotatable bonds is 2. The first-order chi connectivity index (χ1) is 6.79. The van der Waals surface area contributed by atoms with Crippen LogP contribution in [0.1, 0.15) is 12.6 Å². The number of hydrogen-bond acceptors (Lipinski definition) is 4. The van der Waals surface area contributed by atoms with Gasteiger partial charge in [-0.1, -0.05) is 13.0 Å². The van der Waals surface area contributed by atoms with E-state index >= 15 is 0 Å². The van der Waals surface area contributed by atoms with Gasteiger partial charge in [0.1, 0.15) is 5.82 Å². The first kappa shape index (κ1) is 9.15. The summed E-state index contributed by atoms with van der Waals surface area (Å²) in [6.45, 7) is 2.06. The van der Waals surface area contributed by atoms with Gasteiger partial charge >= 0.3 is 0 Å². The minimum absolute atomic E-state index is 0.542. The Kier molecular flexibility index (Phi) is 2.45. The van der Waals surface area contributed by atoms with Crippen molar-refractivity contribution >= 4 is 17.2 Å². The molecule has 0 aromatic carbocycles. The molecular formula is C10H11N3S. The molecule has 0 aliphatic carbocycles. The molecule has 4 heteroatoms. The van der Waals surface area contributed by atoms with Gasteiger partial charge in [0.25, 0.3) is 0 Å². The fourth-order valence-corrected chi connectivity index (χ4v) is 1.87. The highest BCUT2D eigenvalue weighted by molar-refractivity contribution is 7.13. The molecule has 0 saturated carbocycles. The van der Waals surface area contributed by atoms with Crippen LogP contribution >= 0.6 is 11.3 Å². The van der Waals surface area contributed by atoms with E-state index in [1.165, 1.54) is 0 Å². The molecule has 0 spiro atoms. The third-order valence-corrected chi connectivity index (χ3v) is 2.77. The number of aryl methyl sites for hydroxylation is 1. The molecule has 2 heterocycles. The molecule has 2 aromatic heterocycles. The zero-order valence-electron chi connectivity index (χ0n) is 7.90. The van der Waals surface area contributed by atoms with Gasteiger partial charge in [0.2, 0.25) is 0 Å². The van der Waals surface area contributed by atoms with Crippen LogP contribution in [0, 0.1) is 0 Å². The first-order valence-electron chi connectivity index (χ1n) is 4.47. The largest absolute Gasteiger partial charge is 0.384 e. The number of anilines is 1. The van der Waals surface area contributed by atoms with Gasteiger partial charge in [0.15, 0.2) is 5.82 Å². The van der Waals surface area contributed by atoms with E-state index < -0.39 is 0 Å². The van der Waals surface area contributed by atoms with Crippen molar-refractivity contribution in [3.63, 3.8) is 0 Å². The Labute approximate surface area is 86.6 Å². The van der Waals surface area contributed by atoms with Crippen molar-refractivity contribution < 1.29 is 0 Å². The van der Waals surface area contributed by atoms with Gasteiger partial charge in [-0.15, -0.1) is 11.3 Å². The summed E-state index contributed by atoms with van der Waals surface area (Å²) < 4.78 is 0. The lowest BCUT2D eigenvalue weighted by atomic mass is 10.3. The lowest BCUT2D eigenvalue weighted by Crippen LogP contribution is -1.98. The van der Waals surface area contributed by atoms with E-state index in [1.54, 1.807) is 11.3 Å². The molecule has 0 bridgehead atoms. The van der Waals surface area contributed by atoms with Crippen molar-refractivity contribution in [2.45, 2.75) is 13.3 Å². The van der Waals surface area contributed by atoms with Crippen molar-refractivity contribution in [2.24, 2.45) is 0 Å². The summed E-state index contributed by atoms with van der Waals surface area (Å²) in [5.41, 5.74) is 6.68. The van der Waals surface area contributed by atoms with Gasteiger partial charge in [-0.2, -0.15) is 0 Å². The van der Waals surface area contributed by atoms with Crippen LogP contribution in [-0.4, -0.2) is 9.97 Å². The summed E-state index contributed by atoms with van der Waals surface area (Å²) in [6, 6.07) is 5.80. The minimum atomic E-state index is 0.542. The average Bonchev–Trinajstić information content (AvgIpc) is 2.69. The molecule has 0 radical (unpaired) electrons. The molecule has 0 aliphatic heterocycles. The Bertz CT molecular complexity index is 423. The number of thiophene rings is 1. The van der Waals surface area contributed by atoms with Crippen LogP contribution < -0.4 is 5.73 Å². The van der Waals surface area contributed by atoms with Crippen LogP contribution in [0.25, 0.3) is 10.7 Å². The van der Waals surface area contributed by atoms with Crippen LogP contribution in [0.2, 0.25) is 0 Å². The molecule has 3 nitrogen and oxygen atoms in total. The predicted molar refractivity (Wildman–Crippen MR) is 59.1 cm³/mol. The molecule has 0 saturated heterocycles. The van der Waals surface area contributed by atoms with E-state index in [1.807, 2.05) is 23.6 Å². The fraction of sp³-hybridized carbons (Fsp3) is 0.200. The van der Waals surface area contributed by atoms with Crippen molar-refractivity contribution in [1.29, 1.82) is 0 Å². The molecular weight excluding hydrogens is 194 g/mol. The van der Waals surface area contributed by atoms with Crippen molar-refractivity contribution in [3.05, 3.63) is 29.3 Å². The third kappa shape index (κ3) is 1.75. The second-order valence-corrected chi connectivity index (χ2v) is 3.89. The van der Waals surface area contributed by atoms with Crippen LogP contribution in [-0.2, 0) is 6.42 Å². The molecule has 0 aliphatic rings. The minimum Gasteiger partial charge on any atom is -0.384 e. The van der Waals surface area contributed by atoms with Gasteiger partial charge in [0, 0.05) is 11.8 Å². The van der Waals surface area contributed by atoms with Crippen molar-refractivity contribution in [3.8, 4) is 10.7 Å². The van der Waals surface area contributed by atoms with Gasteiger partial charge in [-0.05, 0) is 17.9 Å². The van der Waals surface area contributed by atoms with E-state index in [2.05, 4.69) is 16.9 Å². The molecule has 14 heavy (non-hydrogen) atoms. The topological polar surface area (TPSA) is 51.8 Å². The lowest BCUT2D eigenvalue weighted by Gasteiger charge is -2.01. The lowest BCUT2D eigenvalue weighted by molar-refractivity contribution is 1.01. The Hall–Kier alpha value is -1.42. The van der Waals surface area contributed by atoms with Gasteiger partial charge in [-0.3, -0.25) is 0 Å². The number of hydrogen-bond donors (Lipinski definition) is 1. The second-order valence-electron chi connectivity index (χ2n) is 2.94. The molecule has 72 valence electrons. The Morgan fingerprint density at radius 2 is 2.29 bits per heavy atom. The van der Waals surface area contributed by atoms with E-state index in [0.29, 0.717) is 5.82 Å². The molecule has 0 unspecified atom stereocenters. The summed E-state index contributed by atoms with van der Waals surface area (Å²) in [6.07, 6.45) is 0.880. The fourth-order valence-electron chi connectivity index (χ4n) is 1.22. The molecule has 2 rings (SSSR count). The van der Waals surface area contributed by atoms with Crippen LogP contribution in [0.3, 0.4) is 0 Å². The van der Waals surface area contributed by atoms with Crippen LogP contribution in [0.5, 0.6) is 0 Å². The summed E-state index contributed by atoms with van der Waals surface area (Å²) in [7, 11) is 0. The maximum Gasteiger partial charge on any atom is 0.171 e. The summed E-state index contributed by atoms with van der Waals surface area (Å²) in [5.74, 6) is 1.28. The Morgan fingerprint density at radius 1 is 1.43 bits per heavy atom. The smallest absolute Gasteiger partial charge is 0.171 e. The van der Waals surface area contributed by atoms with E-state index in [9.17, 15) is 0 Å². The monoisotopic (exact) mass is 205 g/mol. The maximum absolute atomic E-state index is 5.69. The summed E-state index contributed by atoms with van der Waals surface area (Å²) in [5, 5.41) is 2.01. The normalized spacial score (nSPS) is 10.4. The predicted octanol–water partition coefficient (Wildman–Crippen LogP) is 2.35. The zero-order valence-corrected chi connectivity index (χ0v) is 8.71. The molecule has 2 N–H and O–H groups in total. The highest BCUT2D eigenvalue weighted by Crippen LogP contribution is 2.21. The van der Waals surface area contributed by atoms with Gasteiger partial charge in [0.05, 0.1) is 4.88 Å². The SMILES string of the molecule is CCc1cc(N)nc(-c2cccs2)n1. The number of nitrogen functional groups attached to an aromatic ring is 1. The van der Waals surface area contributed by atoms with E-state index in [0.717, 1.165) is 22.8 Å². The van der Waals surface area contributed by atoms with Gasteiger partial charge < -0.3 is 5.73 Å². The number of aromatic nitrogens is 2. The molecule has 0 amide bonds. The zero-order chi connectivity index (χ0) is 9.97. The molecule has 2 aromatic rings. The summed E-state index contributed by atoms with van der Waals surface area (Å²) >= 11 is 1.62. The first-order valence-corrected chi connectivity index (χ1v) is 5.35. The Balaban J connectivity index is 2.48. The average molecular weight is 205 g/mol. The standard InChI is InChI=1S/C10H11N3S/c1-2-7-6-9(11)13-10(12-7)8-4-3-5-14-8/h3-6H,2H2,1H3,(H2,11,12,13). The third-order valence-electron chi connectivity index (χ3n) is 1.90. The molecule has 0 atom stereocenters. The second kappa shape index (κ2) is 3.75.